The maximum Gasteiger partial charge on any atom is 0.337 e. The van der Waals surface area contributed by atoms with Crippen LogP contribution >= 0.6 is 12.4 Å². The number of carbonyl (C=O) groups excluding carboxylic acids is 1. The first-order valence-corrected chi connectivity index (χ1v) is 6.37. The zero-order valence-corrected chi connectivity index (χ0v) is 13.4. The zero-order chi connectivity index (χ0) is 14.9. The molecule has 2 rings (SSSR count). The Hall–Kier alpha value is -2.01. The van der Waals surface area contributed by atoms with Crippen LogP contribution in [0.15, 0.2) is 30.3 Å². The summed E-state index contributed by atoms with van der Waals surface area (Å²) >= 11 is 0. The first kappa shape index (κ1) is 17.0. The van der Waals surface area contributed by atoms with Crippen LogP contribution in [0, 0.1) is 0 Å². The second kappa shape index (κ2) is 6.18. The van der Waals surface area contributed by atoms with Crippen molar-refractivity contribution in [3.63, 3.8) is 0 Å². The Morgan fingerprint density at radius 3 is 2.48 bits per heavy atom. The van der Waals surface area contributed by atoms with E-state index < -0.39 is 0 Å². The highest BCUT2D eigenvalue weighted by molar-refractivity contribution is 5.89. The minimum Gasteiger partial charge on any atom is -0.465 e. The van der Waals surface area contributed by atoms with Crippen molar-refractivity contribution in [2.45, 2.75) is 26.2 Å². The van der Waals surface area contributed by atoms with Crippen LogP contribution in [0.4, 0.5) is 5.82 Å². The minimum absolute atomic E-state index is 0. The molecule has 1 heterocycles. The van der Waals surface area contributed by atoms with E-state index >= 15 is 0 Å². The summed E-state index contributed by atoms with van der Waals surface area (Å²) in [5.41, 5.74) is 8.04. The van der Waals surface area contributed by atoms with Gasteiger partial charge in [0.2, 0.25) is 0 Å². The molecule has 0 saturated carbocycles. The van der Waals surface area contributed by atoms with Crippen LogP contribution in [0.1, 0.15) is 36.8 Å². The molecule has 0 fully saturated rings. The Kier molecular flexibility index (Phi) is 5.01. The highest BCUT2D eigenvalue weighted by atomic mass is 35.5. The van der Waals surface area contributed by atoms with Gasteiger partial charge in [0.25, 0.3) is 0 Å². The molecule has 0 unspecified atom stereocenters. The van der Waals surface area contributed by atoms with E-state index in [1.54, 1.807) is 22.9 Å². The summed E-state index contributed by atoms with van der Waals surface area (Å²) in [6.07, 6.45) is 0. The van der Waals surface area contributed by atoms with Crippen LogP contribution in [0.2, 0.25) is 0 Å². The number of hydrogen-bond acceptors (Lipinski definition) is 4. The zero-order valence-electron chi connectivity index (χ0n) is 12.6. The third-order valence-electron chi connectivity index (χ3n) is 3.02. The predicted octanol–water partition coefficient (Wildman–Crippen LogP) is 2.96. The topological polar surface area (TPSA) is 70.1 Å². The molecule has 5 nitrogen and oxygen atoms in total. The average molecular weight is 310 g/mol. The first-order valence-electron chi connectivity index (χ1n) is 6.37. The molecule has 6 heteroatoms. The third kappa shape index (κ3) is 3.55. The maximum absolute atomic E-state index is 11.6. The lowest BCUT2D eigenvalue weighted by atomic mass is 9.92. The van der Waals surface area contributed by atoms with Crippen molar-refractivity contribution in [1.82, 2.24) is 9.78 Å². The van der Waals surface area contributed by atoms with Gasteiger partial charge < -0.3 is 10.5 Å². The van der Waals surface area contributed by atoms with E-state index in [9.17, 15) is 4.79 Å². The third-order valence-corrected chi connectivity index (χ3v) is 3.02. The highest BCUT2D eigenvalue weighted by Crippen LogP contribution is 2.25. The van der Waals surface area contributed by atoms with E-state index in [-0.39, 0.29) is 23.8 Å². The van der Waals surface area contributed by atoms with Crippen LogP contribution in [-0.4, -0.2) is 22.9 Å². The fourth-order valence-electron chi connectivity index (χ4n) is 1.85. The largest absolute Gasteiger partial charge is 0.465 e. The van der Waals surface area contributed by atoms with Crippen molar-refractivity contribution >= 4 is 24.2 Å². The molecular weight excluding hydrogens is 290 g/mol. The average Bonchev–Trinajstić information content (AvgIpc) is 2.80. The highest BCUT2D eigenvalue weighted by Gasteiger charge is 2.19. The summed E-state index contributed by atoms with van der Waals surface area (Å²) in [4.78, 5) is 11.6. The van der Waals surface area contributed by atoms with E-state index in [0.29, 0.717) is 11.4 Å². The van der Waals surface area contributed by atoms with E-state index in [1.807, 2.05) is 12.1 Å². The second-order valence-corrected chi connectivity index (χ2v) is 5.66. The van der Waals surface area contributed by atoms with Gasteiger partial charge in [-0.05, 0) is 18.2 Å². The maximum atomic E-state index is 11.6. The van der Waals surface area contributed by atoms with Crippen LogP contribution in [-0.2, 0) is 10.2 Å². The van der Waals surface area contributed by atoms with E-state index in [1.165, 1.54) is 7.11 Å². The van der Waals surface area contributed by atoms with Gasteiger partial charge in [0.05, 0.1) is 24.1 Å². The van der Waals surface area contributed by atoms with Gasteiger partial charge >= 0.3 is 5.97 Å². The molecule has 21 heavy (non-hydrogen) atoms. The SMILES string of the molecule is COC(=O)c1cccc(-n2nc(C(C)(C)C)cc2N)c1.Cl. The Morgan fingerprint density at radius 2 is 1.95 bits per heavy atom. The van der Waals surface area contributed by atoms with Gasteiger partial charge in [-0.3, -0.25) is 0 Å². The van der Waals surface area contributed by atoms with Crippen molar-refractivity contribution in [1.29, 1.82) is 0 Å². The molecule has 0 radical (unpaired) electrons. The summed E-state index contributed by atoms with van der Waals surface area (Å²) in [6.45, 7) is 6.22. The van der Waals surface area contributed by atoms with Gasteiger partial charge in [-0.25, -0.2) is 9.48 Å². The van der Waals surface area contributed by atoms with Gasteiger partial charge in [0.15, 0.2) is 0 Å². The molecule has 2 N–H and O–H groups in total. The molecule has 0 bridgehead atoms. The summed E-state index contributed by atoms with van der Waals surface area (Å²) < 4.78 is 6.35. The van der Waals surface area contributed by atoms with Crippen molar-refractivity contribution in [3.05, 3.63) is 41.6 Å². The fourth-order valence-corrected chi connectivity index (χ4v) is 1.85. The monoisotopic (exact) mass is 309 g/mol. The lowest BCUT2D eigenvalue weighted by molar-refractivity contribution is 0.0600. The van der Waals surface area contributed by atoms with Crippen molar-refractivity contribution in [2.24, 2.45) is 0 Å². The van der Waals surface area contributed by atoms with Gasteiger partial charge in [0, 0.05) is 11.5 Å². The standard InChI is InChI=1S/C15H19N3O2.ClH/c1-15(2,3)12-9-13(16)18(17-12)11-7-5-6-10(8-11)14(19)20-4;/h5-9H,16H2,1-4H3;1H. The number of hydrogen-bond donors (Lipinski definition) is 1. The van der Waals surface area contributed by atoms with Gasteiger partial charge in [0.1, 0.15) is 5.82 Å². The molecular formula is C15H20ClN3O2. The number of nitrogens with zero attached hydrogens (tertiary/aromatic N) is 2. The quantitative estimate of drug-likeness (QED) is 0.866. The number of rotatable bonds is 2. The molecule has 0 aliphatic carbocycles. The lowest BCUT2D eigenvalue weighted by Crippen LogP contribution is -2.12. The van der Waals surface area contributed by atoms with Crippen LogP contribution < -0.4 is 5.73 Å². The Morgan fingerprint density at radius 1 is 1.29 bits per heavy atom. The van der Waals surface area contributed by atoms with E-state index in [0.717, 1.165) is 11.4 Å². The predicted molar refractivity (Wildman–Crippen MR) is 85.3 cm³/mol. The summed E-state index contributed by atoms with van der Waals surface area (Å²) in [5.74, 6) is 0.158. The molecule has 2 aromatic rings. The smallest absolute Gasteiger partial charge is 0.337 e. The van der Waals surface area contributed by atoms with Crippen molar-refractivity contribution in [2.75, 3.05) is 12.8 Å². The molecule has 0 aliphatic rings. The van der Waals surface area contributed by atoms with Gasteiger partial charge in [-0.15, -0.1) is 12.4 Å². The summed E-state index contributed by atoms with van der Waals surface area (Å²) in [7, 11) is 1.36. The molecule has 1 aromatic carbocycles. The second-order valence-electron chi connectivity index (χ2n) is 5.66. The molecule has 0 spiro atoms. The number of aromatic nitrogens is 2. The number of halogens is 1. The number of esters is 1. The summed E-state index contributed by atoms with van der Waals surface area (Å²) in [6, 6.07) is 8.88. The normalized spacial score (nSPS) is 10.9. The van der Waals surface area contributed by atoms with Gasteiger partial charge in [-0.2, -0.15) is 5.10 Å². The number of methoxy groups -OCH3 is 1. The number of anilines is 1. The van der Waals surface area contributed by atoms with Crippen LogP contribution in [0.25, 0.3) is 5.69 Å². The molecule has 0 saturated heterocycles. The van der Waals surface area contributed by atoms with Crippen LogP contribution in [0.5, 0.6) is 0 Å². The number of nitrogen functional groups attached to an aromatic ring is 1. The number of nitrogens with two attached hydrogens (primary N) is 1. The van der Waals surface area contributed by atoms with Crippen LogP contribution in [0.3, 0.4) is 0 Å². The molecule has 1 aromatic heterocycles. The number of benzene rings is 1. The van der Waals surface area contributed by atoms with E-state index in [4.69, 9.17) is 10.5 Å². The fraction of sp³-hybridized carbons (Fsp3) is 0.333. The van der Waals surface area contributed by atoms with Crippen molar-refractivity contribution in [3.8, 4) is 5.69 Å². The molecule has 114 valence electrons. The molecule has 0 atom stereocenters. The minimum atomic E-state index is -0.381. The summed E-state index contributed by atoms with van der Waals surface area (Å²) in [5, 5.41) is 4.52. The number of ether oxygens (including phenoxy) is 1. The molecule has 0 amide bonds. The molecule has 0 aliphatic heterocycles. The van der Waals surface area contributed by atoms with E-state index in [2.05, 4.69) is 25.9 Å². The Labute approximate surface area is 130 Å². The Balaban J connectivity index is 0.00000220. The van der Waals surface area contributed by atoms with Crippen molar-refractivity contribution < 1.29 is 9.53 Å². The Bertz CT molecular complexity index is 645. The first-order chi connectivity index (χ1) is 9.32. The number of carbonyl (C=O) groups is 1. The van der Waals surface area contributed by atoms with Gasteiger partial charge in [-0.1, -0.05) is 26.8 Å². The lowest BCUT2D eigenvalue weighted by Gasteiger charge is -2.14.